The Morgan fingerprint density at radius 3 is 2.62 bits per heavy atom. The molecule has 1 saturated heterocycles. The molecule has 82 valence electrons. The van der Waals surface area contributed by atoms with Crippen LogP contribution in [-0.4, -0.2) is 16.0 Å². The van der Waals surface area contributed by atoms with Gasteiger partial charge in [-0.1, -0.05) is 36.4 Å². The van der Waals surface area contributed by atoms with Crippen molar-refractivity contribution in [2.24, 2.45) is 0 Å². The molecule has 1 aliphatic heterocycles. The average Bonchev–Trinajstić information content (AvgIpc) is 2.58. The fourth-order valence-corrected chi connectivity index (χ4v) is 2.30. The zero-order valence-corrected chi connectivity index (χ0v) is 9.75. The minimum absolute atomic E-state index is 0.0682. The molecule has 0 aromatic heterocycles. The third-order valence-electron chi connectivity index (χ3n) is 2.35. The molecule has 0 aliphatic carbocycles. The summed E-state index contributed by atoms with van der Waals surface area (Å²) in [6.45, 7) is 2.29. The second-order valence-corrected chi connectivity index (χ2v) is 4.47. The third-order valence-corrected chi connectivity index (χ3v) is 3.40. The van der Waals surface area contributed by atoms with Crippen molar-refractivity contribution in [1.82, 2.24) is 4.90 Å². The number of amidine groups is 1. The first-order chi connectivity index (χ1) is 7.72. The monoisotopic (exact) mass is 232 g/mol. The Balaban J connectivity index is 2.17. The number of rotatable bonds is 2. The van der Waals surface area contributed by atoms with E-state index in [1.165, 1.54) is 16.7 Å². The topological polar surface area (TPSA) is 44.2 Å². The Labute approximate surface area is 98.7 Å². The highest BCUT2D eigenvalue weighted by Gasteiger charge is 2.31. The maximum absolute atomic E-state index is 11.8. The first-order valence-corrected chi connectivity index (χ1v) is 5.82. The molecule has 0 radical (unpaired) electrons. The number of allylic oxidation sites excluding steroid dienone is 1. The number of nitrogens with one attached hydrogen (secondary N) is 1. The summed E-state index contributed by atoms with van der Waals surface area (Å²) in [6, 6.07) is 9.72. The van der Waals surface area contributed by atoms with E-state index in [2.05, 4.69) is 0 Å². The van der Waals surface area contributed by atoms with E-state index in [4.69, 9.17) is 5.41 Å². The molecule has 1 aliphatic rings. The lowest BCUT2D eigenvalue weighted by Gasteiger charge is -2.13. The summed E-state index contributed by atoms with van der Waals surface area (Å²) in [5, 5.41) is 8.05. The van der Waals surface area contributed by atoms with Gasteiger partial charge in [0.15, 0.2) is 5.17 Å². The fraction of sp³-hybridized carbons (Fsp3) is 0.167. The van der Waals surface area contributed by atoms with Crippen LogP contribution in [0.5, 0.6) is 0 Å². The van der Waals surface area contributed by atoms with Crippen LogP contribution in [0.15, 0.2) is 41.3 Å². The zero-order chi connectivity index (χ0) is 11.5. The van der Waals surface area contributed by atoms with Crippen LogP contribution in [0.25, 0.3) is 0 Å². The fourth-order valence-electron chi connectivity index (χ4n) is 1.52. The number of nitrogens with zero attached hydrogens (tertiary/aromatic N) is 1. The van der Waals surface area contributed by atoms with Crippen molar-refractivity contribution in [3.8, 4) is 0 Å². The number of hydrogen-bond donors (Lipinski definition) is 1. The summed E-state index contributed by atoms with van der Waals surface area (Å²) >= 11 is 1.22. The van der Waals surface area contributed by atoms with Crippen molar-refractivity contribution in [2.75, 3.05) is 0 Å². The van der Waals surface area contributed by atoms with Gasteiger partial charge in [-0.15, -0.1) is 0 Å². The van der Waals surface area contributed by atoms with E-state index in [-0.39, 0.29) is 5.91 Å². The number of carbonyl (C=O) groups excluding carboxylic acids is 1. The molecule has 1 aromatic rings. The van der Waals surface area contributed by atoms with E-state index in [0.29, 0.717) is 16.6 Å². The van der Waals surface area contributed by atoms with Crippen molar-refractivity contribution >= 4 is 22.8 Å². The van der Waals surface area contributed by atoms with Crippen LogP contribution in [0, 0.1) is 5.41 Å². The first kappa shape index (κ1) is 11.0. The van der Waals surface area contributed by atoms with Gasteiger partial charge in [0.2, 0.25) is 0 Å². The molecule has 3 nitrogen and oxygen atoms in total. The number of carbonyl (C=O) groups is 1. The molecule has 2 rings (SSSR count). The van der Waals surface area contributed by atoms with Crippen molar-refractivity contribution in [1.29, 1.82) is 5.41 Å². The van der Waals surface area contributed by atoms with Crippen LogP contribution >= 0.6 is 11.8 Å². The van der Waals surface area contributed by atoms with Crippen LogP contribution < -0.4 is 0 Å². The van der Waals surface area contributed by atoms with Gasteiger partial charge in [-0.2, -0.15) is 0 Å². The lowest BCUT2D eigenvalue weighted by atomic mass is 10.2. The SMILES string of the molecule is C/C=C1/SC(=N)N(Cc2ccccc2)C1=O. The maximum atomic E-state index is 11.8. The van der Waals surface area contributed by atoms with E-state index < -0.39 is 0 Å². The van der Waals surface area contributed by atoms with Crippen molar-refractivity contribution in [3.63, 3.8) is 0 Å². The van der Waals surface area contributed by atoms with Gasteiger partial charge in [0.05, 0.1) is 11.4 Å². The smallest absolute Gasteiger partial charge is 0.266 e. The van der Waals surface area contributed by atoms with Gasteiger partial charge < -0.3 is 0 Å². The molecule has 0 spiro atoms. The molecule has 1 heterocycles. The predicted molar refractivity (Wildman–Crippen MR) is 66.1 cm³/mol. The van der Waals surface area contributed by atoms with Gasteiger partial charge in [-0.3, -0.25) is 15.1 Å². The highest BCUT2D eigenvalue weighted by molar-refractivity contribution is 8.18. The minimum Gasteiger partial charge on any atom is -0.282 e. The van der Waals surface area contributed by atoms with Crippen LogP contribution in [0.1, 0.15) is 12.5 Å². The van der Waals surface area contributed by atoms with Crippen LogP contribution in [-0.2, 0) is 11.3 Å². The van der Waals surface area contributed by atoms with Gasteiger partial charge in [-0.05, 0) is 24.2 Å². The second kappa shape index (κ2) is 4.53. The second-order valence-electron chi connectivity index (χ2n) is 3.44. The zero-order valence-electron chi connectivity index (χ0n) is 8.93. The number of hydrogen-bond acceptors (Lipinski definition) is 3. The molecule has 0 unspecified atom stereocenters. The quantitative estimate of drug-likeness (QED) is 0.796. The Hall–Kier alpha value is -1.55. The summed E-state index contributed by atoms with van der Waals surface area (Å²) in [5.41, 5.74) is 1.04. The van der Waals surface area contributed by atoms with Gasteiger partial charge in [0, 0.05) is 0 Å². The molecular weight excluding hydrogens is 220 g/mol. The van der Waals surface area contributed by atoms with E-state index >= 15 is 0 Å². The molecule has 4 heteroatoms. The molecule has 1 fully saturated rings. The Bertz CT molecular complexity index is 453. The Morgan fingerprint density at radius 1 is 1.38 bits per heavy atom. The lowest BCUT2D eigenvalue weighted by Crippen LogP contribution is -2.27. The van der Waals surface area contributed by atoms with Crippen LogP contribution in [0.2, 0.25) is 0 Å². The van der Waals surface area contributed by atoms with Crippen LogP contribution in [0.4, 0.5) is 0 Å². The molecular formula is C12H12N2OS. The number of amides is 1. The maximum Gasteiger partial charge on any atom is 0.266 e. The van der Waals surface area contributed by atoms with Crippen LogP contribution in [0.3, 0.4) is 0 Å². The Morgan fingerprint density at radius 2 is 2.06 bits per heavy atom. The standard InChI is InChI=1S/C12H12N2OS/c1-2-10-11(15)14(12(13)16-10)8-9-6-4-3-5-7-9/h2-7,13H,8H2,1H3/b10-2+,13-12?. The summed E-state index contributed by atoms with van der Waals surface area (Å²) in [5.74, 6) is -0.0682. The van der Waals surface area contributed by atoms with E-state index in [0.717, 1.165) is 5.56 Å². The van der Waals surface area contributed by atoms with Crippen molar-refractivity contribution in [3.05, 3.63) is 46.9 Å². The number of thioether (sulfide) groups is 1. The summed E-state index contributed by atoms with van der Waals surface area (Å²) < 4.78 is 0. The van der Waals surface area contributed by atoms with E-state index in [1.807, 2.05) is 37.3 Å². The minimum atomic E-state index is -0.0682. The lowest BCUT2D eigenvalue weighted by molar-refractivity contribution is -0.122. The third kappa shape index (κ3) is 2.02. The highest BCUT2D eigenvalue weighted by Crippen LogP contribution is 2.30. The number of benzene rings is 1. The summed E-state index contributed by atoms with van der Waals surface area (Å²) in [4.78, 5) is 14.0. The van der Waals surface area contributed by atoms with E-state index in [1.54, 1.807) is 6.08 Å². The average molecular weight is 232 g/mol. The van der Waals surface area contributed by atoms with Gasteiger partial charge in [-0.25, -0.2) is 0 Å². The predicted octanol–water partition coefficient (Wildman–Crippen LogP) is 2.60. The van der Waals surface area contributed by atoms with Crippen molar-refractivity contribution < 1.29 is 4.79 Å². The highest BCUT2D eigenvalue weighted by atomic mass is 32.2. The van der Waals surface area contributed by atoms with Gasteiger partial charge in [0.1, 0.15) is 0 Å². The summed E-state index contributed by atoms with van der Waals surface area (Å²) in [7, 11) is 0. The molecule has 0 bridgehead atoms. The van der Waals surface area contributed by atoms with Gasteiger partial charge >= 0.3 is 0 Å². The van der Waals surface area contributed by atoms with Gasteiger partial charge in [0.25, 0.3) is 5.91 Å². The molecule has 0 saturated carbocycles. The largest absolute Gasteiger partial charge is 0.282 e. The summed E-state index contributed by atoms with van der Waals surface area (Å²) in [6.07, 6.45) is 1.76. The normalized spacial score (nSPS) is 18.6. The van der Waals surface area contributed by atoms with E-state index in [9.17, 15) is 4.79 Å². The molecule has 16 heavy (non-hydrogen) atoms. The molecule has 1 aromatic carbocycles. The van der Waals surface area contributed by atoms with Crippen molar-refractivity contribution in [2.45, 2.75) is 13.5 Å². The first-order valence-electron chi connectivity index (χ1n) is 5.01. The molecule has 1 N–H and O–H groups in total. The molecule has 0 atom stereocenters. The Kier molecular flexibility index (Phi) is 3.10. The molecule has 1 amide bonds.